The van der Waals surface area contributed by atoms with Gasteiger partial charge in [-0.05, 0) is 11.6 Å². The zero-order valence-electron chi connectivity index (χ0n) is 13.9. The SMILES string of the molecule is O=C(CN1CSCC1=O)NCC(c1ccccc1Cl)N1CCOCC1. The molecule has 1 N–H and O–H groups in total. The van der Waals surface area contributed by atoms with Crippen LogP contribution in [0.3, 0.4) is 0 Å². The lowest BCUT2D eigenvalue weighted by Crippen LogP contribution is -2.45. The molecule has 136 valence electrons. The Morgan fingerprint density at radius 1 is 1.32 bits per heavy atom. The maximum atomic E-state index is 12.3. The molecule has 2 aliphatic rings. The summed E-state index contributed by atoms with van der Waals surface area (Å²) in [7, 11) is 0. The van der Waals surface area contributed by atoms with E-state index in [1.54, 1.807) is 4.90 Å². The summed E-state index contributed by atoms with van der Waals surface area (Å²) >= 11 is 7.92. The van der Waals surface area contributed by atoms with E-state index in [0.29, 0.717) is 36.4 Å². The van der Waals surface area contributed by atoms with Crippen LogP contribution < -0.4 is 5.32 Å². The average Bonchev–Trinajstić information content (AvgIpc) is 3.02. The summed E-state index contributed by atoms with van der Waals surface area (Å²) in [6.45, 7) is 3.52. The van der Waals surface area contributed by atoms with Crippen molar-refractivity contribution in [1.82, 2.24) is 15.1 Å². The summed E-state index contributed by atoms with van der Waals surface area (Å²) in [5.74, 6) is 0.935. The number of ether oxygens (including phenoxy) is 1. The molecule has 1 aromatic rings. The van der Waals surface area contributed by atoms with E-state index < -0.39 is 0 Å². The summed E-state index contributed by atoms with van der Waals surface area (Å²) in [6, 6.07) is 7.71. The molecule has 0 aliphatic carbocycles. The van der Waals surface area contributed by atoms with Crippen LogP contribution in [0, 0.1) is 0 Å². The standard InChI is InChI=1S/C17H22ClN3O3S/c18-14-4-2-1-3-13(14)15(20-5-7-24-8-6-20)9-19-16(22)10-21-12-25-11-17(21)23/h1-4,15H,5-12H2,(H,19,22). The molecular weight excluding hydrogens is 362 g/mol. The van der Waals surface area contributed by atoms with E-state index in [-0.39, 0.29) is 24.4 Å². The number of benzene rings is 1. The van der Waals surface area contributed by atoms with Gasteiger partial charge in [0.1, 0.15) is 6.54 Å². The maximum Gasteiger partial charge on any atom is 0.239 e. The number of carbonyl (C=O) groups is 2. The van der Waals surface area contributed by atoms with Gasteiger partial charge in [0.25, 0.3) is 0 Å². The molecule has 1 atom stereocenters. The van der Waals surface area contributed by atoms with Crippen molar-refractivity contribution in [2.24, 2.45) is 0 Å². The van der Waals surface area contributed by atoms with Gasteiger partial charge in [0, 0.05) is 24.7 Å². The zero-order chi connectivity index (χ0) is 17.6. The molecular formula is C17H22ClN3O3S. The number of amides is 2. The lowest BCUT2D eigenvalue weighted by Gasteiger charge is -2.35. The van der Waals surface area contributed by atoms with Gasteiger partial charge in [-0.1, -0.05) is 29.8 Å². The monoisotopic (exact) mass is 383 g/mol. The highest BCUT2D eigenvalue weighted by atomic mass is 35.5. The lowest BCUT2D eigenvalue weighted by atomic mass is 10.0. The second kappa shape index (κ2) is 8.89. The molecule has 2 heterocycles. The fraction of sp³-hybridized carbons (Fsp3) is 0.529. The summed E-state index contributed by atoms with van der Waals surface area (Å²) in [5, 5.41) is 3.66. The molecule has 1 aromatic carbocycles. The van der Waals surface area contributed by atoms with Gasteiger partial charge in [-0.15, -0.1) is 11.8 Å². The normalized spacial score (nSPS) is 19.9. The first-order valence-electron chi connectivity index (χ1n) is 8.33. The minimum absolute atomic E-state index is 0.00907. The molecule has 2 fully saturated rings. The second-order valence-electron chi connectivity index (χ2n) is 6.06. The van der Waals surface area contributed by atoms with Crippen molar-refractivity contribution in [3.63, 3.8) is 0 Å². The Bertz CT molecular complexity index is 625. The predicted octanol–water partition coefficient (Wildman–Crippen LogP) is 1.36. The van der Waals surface area contributed by atoms with Crippen LogP contribution in [0.5, 0.6) is 0 Å². The van der Waals surface area contributed by atoms with Crippen LogP contribution in [0.2, 0.25) is 5.02 Å². The Hall–Kier alpha value is -1.28. The predicted molar refractivity (Wildman–Crippen MR) is 98.6 cm³/mol. The Labute approximate surface area is 156 Å². The minimum Gasteiger partial charge on any atom is -0.379 e. The minimum atomic E-state index is -0.138. The molecule has 25 heavy (non-hydrogen) atoms. The van der Waals surface area contributed by atoms with Gasteiger partial charge in [0.05, 0.1) is 30.9 Å². The molecule has 0 radical (unpaired) electrons. The molecule has 2 saturated heterocycles. The molecule has 0 saturated carbocycles. The van der Waals surface area contributed by atoms with E-state index in [1.165, 1.54) is 11.8 Å². The van der Waals surface area contributed by atoms with Crippen LogP contribution in [-0.4, -0.2) is 72.6 Å². The molecule has 6 nitrogen and oxygen atoms in total. The van der Waals surface area contributed by atoms with Gasteiger partial charge >= 0.3 is 0 Å². The van der Waals surface area contributed by atoms with Gasteiger partial charge in [-0.3, -0.25) is 14.5 Å². The molecule has 3 rings (SSSR count). The third-order valence-electron chi connectivity index (χ3n) is 4.40. The summed E-state index contributed by atoms with van der Waals surface area (Å²) in [6.07, 6.45) is 0. The lowest BCUT2D eigenvalue weighted by molar-refractivity contribution is -0.132. The fourth-order valence-electron chi connectivity index (χ4n) is 3.05. The number of thioether (sulfide) groups is 1. The van der Waals surface area contributed by atoms with Crippen LogP contribution in [0.25, 0.3) is 0 Å². The molecule has 0 aromatic heterocycles. The van der Waals surface area contributed by atoms with Gasteiger partial charge in [-0.2, -0.15) is 0 Å². The quantitative estimate of drug-likeness (QED) is 0.803. The third-order valence-corrected chi connectivity index (χ3v) is 5.69. The summed E-state index contributed by atoms with van der Waals surface area (Å²) in [4.78, 5) is 27.8. The van der Waals surface area contributed by atoms with E-state index >= 15 is 0 Å². The van der Waals surface area contributed by atoms with Crippen molar-refractivity contribution in [3.8, 4) is 0 Å². The molecule has 2 aliphatic heterocycles. The average molecular weight is 384 g/mol. The highest BCUT2D eigenvalue weighted by molar-refractivity contribution is 8.00. The topological polar surface area (TPSA) is 61.9 Å². The van der Waals surface area contributed by atoms with E-state index in [4.69, 9.17) is 16.3 Å². The Kier molecular flexibility index (Phi) is 6.58. The molecule has 0 bridgehead atoms. The van der Waals surface area contributed by atoms with Gasteiger partial charge in [0.15, 0.2) is 0 Å². The number of nitrogens with zero attached hydrogens (tertiary/aromatic N) is 2. The number of hydrogen-bond donors (Lipinski definition) is 1. The highest BCUT2D eigenvalue weighted by Crippen LogP contribution is 2.27. The number of nitrogens with one attached hydrogen (secondary N) is 1. The van der Waals surface area contributed by atoms with Crippen molar-refractivity contribution in [1.29, 1.82) is 0 Å². The Morgan fingerprint density at radius 3 is 2.76 bits per heavy atom. The molecule has 1 unspecified atom stereocenters. The van der Waals surface area contributed by atoms with Crippen molar-refractivity contribution in [3.05, 3.63) is 34.9 Å². The maximum absolute atomic E-state index is 12.3. The number of hydrogen-bond acceptors (Lipinski definition) is 5. The van der Waals surface area contributed by atoms with Crippen molar-refractivity contribution in [2.45, 2.75) is 6.04 Å². The first-order valence-corrected chi connectivity index (χ1v) is 9.87. The molecule has 8 heteroatoms. The Morgan fingerprint density at radius 2 is 2.08 bits per heavy atom. The second-order valence-corrected chi connectivity index (χ2v) is 7.42. The zero-order valence-corrected chi connectivity index (χ0v) is 15.5. The number of halogens is 1. The molecule has 0 spiro atoms. The van der Waals surface area contributed by atoms with Crippen LogP contribution in [0.1, 0.15) is 11.6 Å². The number of rotatable bonds is 6. The summed E-state index contributed by atoms with van der Waals surface area (Å²) in [5.41, 5.74) is 0.999. The van der Waals surface area contributed by atoms with Crippen LogP contribution in [0.15, 0.2) is 24.3 Å². The Balaban J connectivity index is 1.64. The largest absolute Gasteiger partial charge is 0.379 e. The smallest absolute Gasteiger partial charge is 0.239 e. The first-order chi connectivity index (χ1) is 12.1. The third kappa shape index (κ3) is 4.88. The summed E-state index contributed by atoms with van der Waals surface area (Å²) < 4.78 is 5.43. The van der Waals surface area contributed by atoms with E-state index in [2.05, 4.69) is 10.2 Å². The van der Waals surface area contributed by atoms with E-state index in [9.17, 15) is 9.59 Å². The van der Waals surface area contributed by atoms with Crippen molar-refractivity contribution < 1.29 is 14.3 Å². The first kappa shape index (κ1) is 18.5. The van der Waals surface area contributed by atoms with Crippen LogP contribution in [-0.2, 0) is 14.3 Å². The molecule has 2 amide bonds. The van der Waals surface area contributed by atoms with Gasteiger partial charge < -0.3 is 15.0 Å². The van der Waals surface area contributed by atoms with E-state index in [0.717, 1.165) is 18.7 Å². The van der Waals surface area contributed by atoms with Gasteiger partial charge in [0.2, 0.25) is 11.8 Å². The van der Waals surface area contributed by atoms with Crippen molar-refractivity contribution in [2.75, 3.05) is 51.0 Å². The van der Waals surface area contributed by atoms with Crippen LogP contribution in [0.4, 0.5) is 0 Å². The number of carbonyl (C=O) groups excluding carboxylic acids is 2. The fourth-order valence-corrected chi connectivity index (χ4v) is 4.22. The van der Waals surface area contributed by atoms with E-state index in [1.807, 2.05) is 24.3 Å². The highest BCUT2D eigenvalue weighted by Gasteiger charge is 2.26. The van der Waals surface area contributed by atoms with Crippen molar-refractivity contribution >= 4 is 35.2 Å². The van der Waals surface area contributed by atoms with Gasteiger partial charge in [-0.25, -0.2) is 0 Å². The van der Waals surface area contributed by atoms with Crippen LogP contribution >= 0.6 is 23.4 Å². The number of morpholine rings is 1.